The van der Waals surface area contributed by atoms with Crippen LogP contribution in [0, 0.1) is 13.8 Å². The molecule has 3 aromatic carbocycles. The zero-order chi connectivity index (χ0) is 27.7. The molecule has 0 aliphatic carbocycles. The van der Waals surface area contributed by atoms with Gasteiger partial charge in [0.25, 0.3) is 0 Å². The van der Waals surface area contributed by atoms with Crippen molar-refractivity contribution in [3.05, 3.63) is 94.5 Å². The highest BCUT2D eigenvalue weighted by Gasteiger charge is 2.18. The molecule has 0 radical (unpaired) electrons. The molecule has 0 aromatic heterocycles. The number of hydrogen-bond acceptors (Lipinski definition) is 5. The minimum atomic E-state index is -0.705. The van der Waals surface area contributed by atoms with Crippen molar-refractivity contribution in [2.75, 3.05) is 26.3 Å². The molecule has 0 spiro atoms. The summed E-state index contributed by atoms with van der Waals surface area (Å²) in [6, 6.07) is 22.3. The molecular weight excluding hydrogens is 474 g/mol. The topological polar surface area (TPSA) is 62.2 Å². The molecule has 2 N–H and O–H groups in total. The van der Waals surface area contributed by atoms with Gasteiger partial charge in [0.15, 0.2) is 0 Å². The molecule has 0 heterocycles. The van der Waals surface area contributed by atoms with Crippen LogP contribution < -0.4 is 9.47 Å². The second-order valence-corrected chi connectivity index (χ2v) is 11.0. The van der Waals surface area contributed by atoms with E-state index in [1.54, 1.807) is 0 Å². The Labute approximate surface area is 229 Å². The maximum absolute atomic E-state index is 10.8. The van der Waals surface area contributed by atoms with E-state index in [1.807, 2.05) is 42.5 Å². The first-order chi connectivity index (χ1) is 18.1. The Morgan fingerprint density at radius 3 is 1.50 bits per heavy atom. The van der Waals surface area contributed by atoms with Crippen LogP contribution in [0.25, 0.3) is 0 Å². The number of aliphatic hydroxyl groups excluding tert-OH is 2. The number of aryl methyl sites for hydroxylation is 2. The molecule has 5 nitrogen and oxygen atoms in total. The number of aliphatic hydroxyl groups is 2. The first-order valence-electron chi connectivity index (χ1n) is 13.7. The van der Waals surface area contributed by atoms with Crippen LogP contribution in [0.5, 0.6) is 11.5 Å². The number of ether oxygens (including phenoxy) is 2. The maximum Gasteiger partial charge on any atom is 0.119 e. The first-order valence-corrected chi connectivity index (χ1v) is 13.7. The van der Waals surface area contributed by atoms with Gasteiger partial charge in [-0.3, -0.25) is 4.90 Å². The third-order valence-electron chi connectivity index (χ3n) is 6.80. The van der Waals surface area contributed by atoms with Gasteiger partial charge in [-0.15, -0.1) is 0 Å². The highest BCUT2D eigenvalue weighted by Crippen LogP contribution is 2.25. The van der Waals surface area contributed by atoms with E-state index in [0.29, 0.717) is 31.5 Å². The fourth-order valence-corrected chi connectivity index (χ4v) is 4.90. The lowest BCUT2D eigenvalue weighted by Crippen LogP contribution is -2.41. The van der Waals surface area contributed by atoms with Crippen molar-refractivity contribution in [1.82, 2.24) is 4.90 Å². The molecule has 2 atom stereocenters. The molecule has 0 saturated carbocycles. The standard InChI is InChI=1S/C33H45NO4/c1-23(2)32-14-12-30(16-25(32)5)37-21-28(35)19-34(18-27-10-8-7-9-11-27)20-29(36)22-38-31-13-15-33(24(3)4)26(6)17-31/h7-17,23-24,28-29,35-36H,18-22H2,1-6H3. The van der Waals surface area contributed by atoms with Gasteiger partial charge in [0.2, 0.25) is 0 Å². The quantitative estimate of drug-likeness (QED) is 0.264. The van der Waals surface area contributed by atoms with Crippen LogP contribution in [0.1, 0.15) is 67.3 Å². The molecule has 0 aliphatic heterocycles. The Kier molecular flexibility index (Phi) is 11.2. The van der Waals surface area contributed by atoms with Gasteiger partial charge in [0, 0.05) is 19.6 Å². The molecule has 5 heteroatoms. The molecule has 3 aromatic rings. The number of hydrogen-bond donors (Lipinski definition) is 2. The molecule has 2 unspecified atom stereocenters. The van der Waals surface area contributed by atoms with Crippen LogP contribution in [0.4, 0.5) is 0 Å². The van der Waals surface area contributed by atoms with E-state index in [1.165, 1.54) is 22.3 Å². The Morgan fingerprint density at radius 2 is 1.11 bits per heavy atom. The van der Waals surface area contributed by atoms with E-state index < -0.39 is 12.2 Å². The predicted octanol–water partition coefficient (Wildman–Crippen LogP) is 6.23. The Morgan fingerprint density at radius 1 is 0.658 bits per heavy atom. The van der Waals surface area contributed by atoms with Crippen molar-refractivity contribution in [3.8, 4) is 11.5 Å². The molecule has 3 rings (SSSR count). The monoisotopic (exact) mass is 519 g/mol. The zero-order valence-electron chi connectivity index (χ0n) is 23.9. The summed E-state index contributed by atoms with van der Waals surface area (Å²) in [5, 5.41) is 21.6. The van der Waals surface area contributed by atoms with Crippen molar-refractivity contribution in [2.45, 2.75) is 72.1 Å². The molecule has 0 amide bonds. The second-order valence-electron chi connectivity index (χ2n) is 11.0. The van der Waals surface area contributed by atoms with Crippen LogP contribution in [0.2, 0.25) is 0 Å². The van der Waals surface area contributed by atoms with Crippen LogP contribution in [0.15, 0.2) is 66.7 Å². The van der Waals surface area contributed by atoms with Crippen LogP contribution >= 0.6 is 0 Å². The Bertz CT molecular complexity index is 1060. The van der Waals surface area contributed by atoms with E-state index in [0.717, 1.165) is 17.1 Å². The van der Waals surface area contributed by atoms with Crippen molar-refractivity contribution in [3.63, 3.8) is 0 Å². The Balaban J connectivity index is 1.58. The summed E-state index contributed by atoms with van der Waals surface area (Å²) in [6.45, 7) is 14.6. The van der Waals surface area contributed by atoms with E-state index in [2.05, 4.69) is 70.7 Å². The highest BCUT2D eigenvalue weighted by atomic mass is 16.5. The van der Waals surface area contributed by atoms with E-state index in [9.17, 15) is 10.2 Å². The number of benzene rings is 3. The first kappa shape index (κ1) is 29.7. The van der Waals surface area contributed by atoms with Gasteiger partial charge >= 0.3 is 0 Å². The van der Waals surface area contributed by atoms with E-state index >= 15 is 0 Å². The summed E-state index contributed by atoms with van der Waals surface area (Å²) >= 11 is 0. The summed E-state index contributed by atoms with van der Waals surface area (Å²) in [5.74, 6) is 2.43. The van der Waals surface area contributed by atoms with Crippen LogP contribution in [0.3, 0.4) is 0 Å². The van der Waals surface area contributed by atoms with Crippen LogP contribution in [-0.4, -0.2) is 53.6 Å². The van der Waals surface area contributed by atoms with Gasteiger partial charge in [0.1, 0.15) is 36.9 Å². The molecule has 0 saturated heterocycles. The average Bonchev–Trinajstić information content (AvgIpc) is 2.86. The minimum Gasteiger partial charge on any atom is -0.491 e. The largest absolute Gasteiger partial charge is 0.491 e. The summed E-state index contributed by atoms with van der Waals surface area (Å²) in [4.78, 5) is 2.05. The normalized spacial score (nSPS) is 13.2. The van der Waals surface area contributed by atoms with Crippen molar-refractivity contribution < 1.29 is 19.7 Å². The van der Waals surface area contributed by atoms with Gasteiger partial charge in [-0.2, -0.15) is 0 Å². The minimum absolute atomic E-state index is 0.180. The third-order valence-corrected chi connectivity index (χ3v) is 6.80. The van der Waals surface area contributed by atoms with E-state index in [4.69, 9.17) is 9.47 Å². The Hall–Kier alpha value is -2.86. The molecule has 38 heavy (non-hydrogen) atoms. The van der Waals surface area contributed by atoms with Gasteiger partial charge in [-0.1, -0.05) is 70.2 Å². The fraction of sp³-hybridized carbons (Fsp3) is 0.455. The lowest BCUT2D eigenvalue weighted by atomic mass is 9.98. The van der Waals surface area contributed by atoms with Crippen molar-refractivity contribution in [2.24, 2.45) is 0 Å². The fourth-order valence-electron chi connectivity index (χ4n) is 4.90. The zero-order valence-corrected chi connectivity index (χ0v) is 23.9. The lowest BCUT2D eigenvalue weighted by molar-refractivity contribution is 0.0282. The average molecular weight is 520 g/mol. The summed E-state index contributed by atoms with van der Waals surface area (Å²) in [5.41, 5.74) is 6.10. The van der Waals surface area contributed by atoms with Gasteiger partial charge < -0.3 is 19.7 Å². The summed E-state index contributed by atoms with van der Waals surface area (Å²) in [6.07, 6.45) is -1.41. The van der Waals surface area contributed by atoms with E-state index in [-0.39, 0.29) is 13.2 Å². The predicted molar refractivity (Wildman–Crippen MR) is 155 cm³/mol. The van der Waals surface area contributed by atoms with Crippen molar-refractivity contribution >= 4 is 0 Å². The highest BCUT2D eigenvalue weighted by molar-refractivity contribution is 5.37. The molecular formula is C33H45NO4. The number of nitrogens with zero attached hydrogens (tertiary/aromatic N) is 1. The molecule has 0 aliphatic rings. The molecule has 0 fully saturated rings. The molecule has 206 valence electrons. The summed E-state index contributed by atoms with van der Waals surface area (Å²) < 4.78 is 11.8. The van der Waals surface area contributed by atoms with Gasteiger partial charge in [0.05, 0.1) is 0 Å². The smallest absolute Gasteiger partial charge is 0.119 e. The second kappa shape index (κ2) is 14.3. The van der Waals surface area contributed by atoms with Crippen LogP contribution in [-0.2, 0) is 6.54 Å². The number of rotatable bonds is 14. The van der Waals surface area contributed by atoms with Gasteiger partial charge in [-0.05, 0) is 77.8 Å². The summed E-state index contributed by atoms with van der Waals surface area (Å²) in [7, 11) is 0. The van der Waals surface area contributed by atoms with Gasteiger partial charge in [-0.25, -0.2) is 0 Å². The lowest BCUT2D eigenvalue weighted by Gasteiger charge is -2.27. The van der Waals surface area contributed by atoms with Crippen molar-refractivity contribution in [1.29, 1.82) is 0 Å². The molecule has 0 bridgehead atoms. The third kappa shape index (κ3) is 9.16. The SMILES string of the molecule is Cc1cc(OCC(O)CN(Cc2ccccc2)CC(O)COc2ccc(C(C)C)c(C)c2)ccc1C(C)C. The maximum atomic E-state index is 10.8.